The second kappa shape index (κ2) is 11.0. The summed E-state index contributed by atoms with van der Waals surface area (Å²) in [5.74, 6) is -0.388. The molecule has 2 saturated heterocycles. The lowest BCUT2D eigenvalue weighted by molar-refractivity contribution is -0.209. The maximum atomic E-state index is 11.1. The van der Waals surface area contributed by atoms with Gasteiger partial charge in [0.25, 0.3) is 0 Å². The van der Waals surface area contributed by atoms with Crippen LogP contribution in [-0.2, 0) is 19.0 Å². The van der Waals surface area contributed by atoms with Crippen molar-refractivity contribution in [2.45, 2.75) is 110 Å². The number of hydrogen-bond acceptors (Lipinski definition) is 6. The summed E-state index contributed by atoms with van der Waals surface area (Å²) in [6, 6.07) is 0. The zero-order chi connectivity index (χ0) is 25.1. The van der Waals surface area contributed by atoms with Gasteiger partial charge in [-0.3, -0.25) is 4.79 Å². The molecule has 0 aromatic heterocycles. The lowest BCUT2D eigenvalue weighted by Gasteiger charge is -2.44. The van der Waals surface area contributed by atoms with E-state index in [2.05, 4.69) is 40.7 Å². The number of aliphatic carboxylic acids is 1. The molecule has 7 heteroatoms. The summed E-state index contributed by atoms with van der Waals surface area (Å²) in [6.07, 6.45) is 4.59. The van der Waals surface area contributed by atoms with Gasteiger partial charge in [0.1, 0.15) is 11.7 Å². The van der Waals surface area contributed by atoms with E-state index in [1.165, 1.54) is 6.92 Å². The zero-order valence-electron chi connectivity index (χ0n) is 21.4. The lowest BCUT2D eigenvalue weighted by atomic mass is 9.74. The first kappa shape index (κ1) is 28.0. The minimum Gasteiger partial charge on any atom is -0.481 e. The predicted octanol–water partition coefficient (Wildman–Crippen LogP) is 3.72. The maximum absolute atomic E-state index is 11.1. The fourth-order valence-electron chi connectivity index (χ4n) is 5.78. The molecular weight excluding hydrogens is 424 g/mol. The van der Waals surface area contributed by atoms with E-state index in [1.807, 2.05) is 19.1 Å². The van der Waals surface area contributed by atoms with Crippen molar-refractivity contribution >= 4 is 5.97 Å². The number of allylic oxidation sites excluding steroid dienone is 3. The maximum Gasteiger partial charge on any atom is 0.305 e. The Morgan fingerprint density at radius 1 is 1.30 bits per heavy atom. The lowest BCUT2D eigenvalue weighted by Crippen LogP contribution is -2.58. The summed E-state index contributed by atoms with van der Waals surface area (Å²) in [6.45, 7) is 14.3. The molecule has 2 aliphatic heterocycles. The zero-order valence-corrected chi connectivity index (χ0v) is 21.4. The van der Waals surface area contributed by atoms with Crippen LogP contribution in [0.2, 0.25) is 0 Å². The van der Waals surface area contributed by atoms with Gasteiger partial charge < -0.3 is 29.5 Å². The second-order valence-corrected chi connectivity index (χ2v) is 11.0. The Kier molecular flexibility index (Phi) is 9.33. The largest absolute Gasteiger partial charge is 0.481 e. The Morgan fingerprint density at radius 3 is 2.48 bits per heavy atom. The third-order valence-electron chi connectivity index (χ3n) is 7.34. The van der Waals surface area contributed by atoms with E-state index in [-0.39, 0.29) is 42.5 Å². The van der Waals surface area contributed by atoms with Crippen molar-refractivity contribution in [3.8, 4) is 0 Å². The summed E-state index contributed by atoms with van der Waals surface area (Å²) >= 11 is 0. The molecule has 0 aromatic rings. The van der Waals surface area contributed by atoms with Crippen LogP contribution in [0.15, 0.2) is 23.8 Å². The summed E-state index contributed by atoms with van der Waals surface area (Å²) < 4.78 is 17.8. The molecule has 0 spiro atoms. The number of methoxy groups -OCH3 is 1. The van der Waals surface area contributed by atoms with Gasteiger partial charge in [0.05, 0.1) is 36.9 Å². The number of ether oxygens (including phenoxy) is 3. The van der Waals surface area contributed by atoms with E-state index in [1.54, 1.807) is 7.11 Å². The molecule has 2 aliphatic rings. The van der Waals surface area contributed by atoms with Crippen molar-refractivity contribution in [3.63, 3.8) is 0 Å². The third kappa shape index (κ3) is 6.67. The van der Waals surface area contributed by atoms with E-state index in [0.29, 0.717) is 5.92 Å². The van der Waals surface area contributed by atoms with Crippen LogP contribution >= 0.6 is 0 Å². The molecule has 2 heterocycles. The van der Waals surface area contributed by atoms with Gasteiger partial charge in [-0.05, 0) is 44.1 Å². The fraction of sp³-hybridized carbons (Fsp3) is 0.808. The van der Waals surface area contributed by atoms with Crippen molar-refractivity contribution in [2.24, 2.45) is 17.3 Å². The number of carbonyl (C=O) groups is 1. The average molecular weight is 469 g/mol. The molecule has 9 atom stereocenters. The predicted molar refractivity (Wildman–Crippen MR) is 127 cm³/mol. The molecule has 0 radical (unpaired) electrons. The van der Waals surface area contributed by atoms with Gasteiger partial charge in [-0.15, -0.1) is 0 Å². The summed E-state index contributed by atoms with van der Waals surface area (Å²) in [5, 5.41) is 30.2. The Labute approximate surface area is 198 Å². The van der Waals surface area contributed by atoms with Crippen LogP contribution in [0.4, 0.5) is 0 Å². The van der Waals surface area contributed by atoms with E-state index < -0.39 is 29.9 Å². The molecule has 7 nitrogen and oxygen atoms in total. The Hall–Kier alpha value is -1.25. The third-order valence-corrected chi connectivity index (χ3v) is 7.34. The molecular formula is C26H44O7. The average Bonchev–Trinajstić information content (AvgIpc) is 2.98. The molecule has 0 aromatic carbocycles. The number of hydrogen-bond donors (Lipinski definition) is 3. The highest BCUT2D eigenvalue weighted by Gasteiger charge is 2.48. The molecule has 3 N–H and O–H groups in total. The molecule has 9 unspecified atom stereocenters. The minimum atomic E-state index is -1.48. The van der Waals surface area contributed by atoms with Crippen LogP contribution in [0.25, 0.3) is 0 Å². The number of aliphatic hydroxyl groups is 2. The van der Waals surface area contributed by atoms with Crippen LogP contribution in [0.5, 0.6) is 0 Å². The molecule has 0 aliphatic carbocycles. The van der Waals surface area contributed by atoms with E-state index in [9.17, 15) is 15.0 Å². The highest BCUT2D eigenvalue weighted by atomic mass is 16.6. The van der Waals surface area contributed by atoms with Crippen molar-refractivity contribution in [1.82, 2.24) is 0 Å². The van der Waals surface area contributed by atoms with Gasteiger partial charge >= 0.3 is 5.97 Å². The Bertz CT molecular complexity index is 726. The first-order chi connectivity index (χ1) is 15.2. The molecule has 2 fully saturated rings. The van der Waals surface area contributed by atoms with Crippen LogP contribution in [0.3, 0.4) is 0 Å². The van der Waals surface area contributed by atoms with Crippen LogP contribution < -0.4 is 0 Å². The highest BCUT2D eigenvalue weighted by molar-refractivity contribution is 5.67. The Balaban J connectivity index is 2.04. The van der Waals surface area contributed by atoms with E-state index in [4.69, 9.17) is 19.3 Å². The van der Waals surface area contributed by atoms with Crippen LogP contribution in [0.1, 0.15) is 67.7 Å². The number of aliphatic hydroxyl groups excluding tert-OH is 1. The minimum absolute atomic E-state index is 0.0339. The van der Waals surface area contributed by atoms with E-state index in [0.717, 1.165) is 12.0 Å². The van der Waals surface area contributed by atoms with Gasteiger partial charge in [-0.25, -0.2) is 0 Å². The molecule has 2 rings (SSSR count). The quantitative estimate of drug-likeness (QED) is 0.443. The monoisotopic (exact) mass is 468 g/mol. The number of rotatable bonds is 9. The van der Waals surface area contributed by atoms with Gasteiger partial charge in [0, 0.05) is 19.4 Å². The van der Waals surface area contributed by atoms with Crippen molar-refractivity contribution in [3.05, 3.63) is 23.8 Å². The smallest absolute Gasteiger partial charge is 0.305 e. The Morgan fingerprint density at radius 2 is 1.94 bits per heavy atom. The normalized spacial score (nSPS) is 39.2. The topological polar surface area (TPSA) is 105 Å². The first-order valence-electron chi connectivity index (χ1n) is 12.0. The highest BCUT2D eigenvalue weighted by Crippen LogP contribution is 2.43. The van der Waals surface area contributed by atoms with Crippen molar-refractivity contribution in [2.75, 3.05) is 7.11 Å². The van der Waals surface area contributed by atoms with Gasteiger partial charge in [0.2, 0.25) is 0 Å². The van der Waals surface area contributed by atoms with Crippen molar-refractivity contribution < 1.29 is 34.3 Å². The van der Waals surface area contributed by atoms with Gasteiger partial charge in [0.15, 0.2) is 0 Å². The van der Waals surface area contributed by atoms with Crippen molar-refractivity contribution in [1.29, 1.82) is 0 Å². The summed E-state index contributed by atoms with van der Waals surface area (Å²) in [4.78, 5) is 11.1. The van der Waals surface area contributed by atoms with Gasteiger partial charge in [-0.1, -0.05) is 45.9 Å². The molecule has 0 bridgehead atoms. The molecule has 0 saturated carbocycles. The summed E-state index contributed by atoms with van der Waals surface area (Å²) in [5.41, 5.74) is -0.781. The fourth-order valence-corrected chi connectivity index (χ4v) is 5.78. The number of carboxylic acids is 1. The summed E-state index contributed by atoms with van der Waals surface area (Å²) in [7, 11) is 1.74. The first-order valence-corrected chi connectivity index (χ1v) is 12.0. The van der Waals surface area contributed by atoms with E-state index >= 15 is 0 Å². The SMILES string of the molecule is COC1C(C)OC(C(C)(C)CC(C)C=CC=C(C)C2OC(CC(=O)O)CC(O)C2(C)O)C1C. The molecule has 0 amide bonds. The second-order valence-electron chi connectivity index (χ2n) is 11.0. The van der Waals surface area contributed by atoms with Crippen LogP contribution in [-0.4, -0.2) is 70.6 Å². The standard InChI is InChI=1S/C26H44O7/c1-15(14-25(5,6)24-17(3)22(31-8)18(4)32-24)10-9-11-16(2)23-26(7,30)20(27)12-19(33-23)13-21(28)29/h9-11,15,17-20,22-24,27,30H,12-14H2,1-8H3,(H,28,29). The van der Waals surface area contributed by atoms with Gasteiger partial charge in [-0.2, -0.15) is 0 Å². The van der Waals surface area contributed by atoms with Crippen LogP contribution in [0, 0.1) is 17.3 Å². The molecule has 33 heavy (non-hydrogen) atoms. The number of carboxylic acid groups (broad SMARTS) is 1. The molecule has 190 valence electrons.